The van der Waals surface area contributed by atoms with Crippen LogP contribution in [0.4, 0.5) is 0 Å². The number of hydrogen-bond acceptors (Lipinski definition) is 2. The minimum absolute atomic E-state index is 1.00. The Bertz CT molecular complexity index is 733. The van der Waals surface area contributed by atoms with Gasteiger partial charge in [0, 0.05) is 29.5 Å². The van der Waals surface area contributed by atoms with Crippen LogP contribution in [0.25, 0.3) is 21.8 Å². The Morgan fingerprint density at radius 1 is 0.895 bits per heavy atom. The molecule has 0 atom stereocenters. The largest absolute Gasteiger partial charge is 0.447 e. The van der Waals surface area contributed by atoms with Crippen LogP contribution in [0.15, 0.2) is 36.4 Å². The summed E-state index contributed by atoms with van der Waals surface area (Å²) in [5.74, 6) is 2.02. The smallest absolute Gasteiger partial charge is 0.194 e. The zero-order chi connectivity index (χ0) is 12.7. The molecule has 1 fully saturated rings. The first-order valence-electron chi connectivity index (χ1n) is 6.72. The van der Waals surface area contributed by atoms with Gasteiger partial charge in [0.15, 0.2) is 11.5 Å². The van der Waals surface area contributed by atoms with Crippen LogP contribution < -0.4 is 4.74 Å². The highest BCUT2D eigenvalue weighted by molar-refractivity contribution is 6.11. The molecule has 1 aromatic heterocycles. The molecule has 5 rings (SSSR count). The van der Waals surface area contributed by atoms with Crippen molar-refractivity contribution in [2.45, 2.75) is 12.8 Å². The Morgan fingerprint density at radius 2 is 1.74 bits per heavy atom. The molecule has 96 valence electrons. The van der Waals surface area contributed by atoms with Gasteiger partial charge in [0.25, 0.3) is 0 Å². The summed E-state index contributed by atoms with van der Waals surface area (Å²) >= 11 is 0. The fraction of sp³-hybridized carbons (Fsp3) is 0.250. The van der Waals surface area contributed by atoms with Crippen molar-refractivity contribution in [2.24, 2.45) is 0 Å². The van der Waals surface area contributed by atoms with Crippen molar-refractivity contribution in [3.8, 4) is 11.5 Å². The molecule has 0 saturated carbocycles. The van der Waals surface area contributed by atoms with Crippen molar-refractivity contribution in [2.75, 3.05) is 13.2 Å². The van der Waals surface area contributed by atoms with E-state index in [1.807, 2.05) is 12.1 Å². The Labute approximate surface area is 111 Å². The summed E-state index contributed by atoms with van der Waals surface area (Å²) in [5.41, 5.74) is 2.30. The van der Waals surface area contributed by atoms with E-state index in [4.69, 9.17) is 9.47 Å². The third-order valence-electron chi connectivity index (χ3n) is 3.60. The monoisotopic (exact) mass is 253 g/mol. The van der Waals surface area contributed by atoms with Gasteiger partial charge in [-0.1, -0.05) is 18.2 Å². The molecular formula is C16H15NO2. The van der Waals surface area contributed by atoms with Crippen LogP contribution in [-0.4, -0.2) is 18.2 Å². The minimum atomic E-state index is 1.00. The number of hydrogen-bond donors (Lipinski definition) is 1. The minimum Gasteiger partial charge on any atom is -0.447 e. The molecule has 2 aliphatic rings. The van der Waals surface area contributed by atoms with E-state index in [2.05, 4.69) is 29.2 Å². The molecule has 1 N–H and O–H groups in total. The molecule has 0 spiro atoms. The van der Waals surface area contributed by atoms with Gasteiger partial charge in [-0.05, 0) is 31.0 Å². The van der Waals surface area contributed by atoms with Crippen molar-refractivity contribution in [3.63, 3.8) is 0 Å². The highest BCUT2D eigenvalue weighted by atomic mass is 16.6. The van der Waals surface area contributed by atoms with Gasteiger partial charge in [-0.3, -0.25) is 0 Å². The topological polar surface area (TPSA) is 37.5 Å². The number of ether oxygens (including phenoxy) is 2. The molecule has 0 radical (unpaired) electrons. The van der Waals surface area contributed by atoms with Crippen molar-refractivity contribution in [3.05, 3.63) is 36.4 Å². The molecule has 0 amide bonds. The van der Waals surface area contributed by atoms with Gasteiger partial charge in [-0.25, -0.2) is 0 Å². The second-order valence-electron chi connectivity index (χ2n) is 4.91. The molecule has 3 heteroatoms. The van der Waals surface area contributed by atoms with Crippen molar-refractivity contribution in [1.29, 1.82) is 0 Å². The maximum atomic E-state index is 5.35. The zero-order valence-corrected chi connectivity index (χ0v) is 10.6. The molecule has 3 heterocycles. The number of nitrogens with one attached hydrogen (secondary N) is 1. The van der Waals surface area contributed by atoms with Crippen LogP contribution in [0.2, 0.25) is 0 Å². The van der Waals surface area contributed by atoms with E-state index in [9.17, 15) is 0 Å². The second kappa shape index (κ2) is 4.28. The number of benzene rings is 2. The van der Waals surface area contributed by atoms with Gasteiger partial charge in [-0.15, -0.1) is 0 Å². The quantitative estimate of drug-likeness (QED) is 0.476. The van der Waals surface area contributed by atoms with E-state index in [0.717, 1.165) is 30.2 Å². The van der Waals surface area contributed by atoms with Crippen LogP contribution in [0.1, 0.15) is 12.8 Å². The van der Waals surface area contributed by atoms with E-state index in [1.165, 1.54) is 29.1 Å². The normalized spacial score (nSPS) is 15.8. The lowest BCUT2D eigenvalue weighted by molar-refractivity contribution is 0.198. The molecule has 19 heavy (non-hydrogen) atoms. The SMILES string of the molecule is C1CCOC1.c1ccc2c(c1)[nH]c1c3c(ccc12)O3. The number of rotatable bonds is 0. The summed E-state index contributed by atoms with van der Waals surface area (Å²) in [6.45, 7) is 2.00. The van der Waals surface area contributed by atoms with Gasteiger partial charge >= 0.3 is 0 Å². The molecule has 2 aromatic carbocycles. The van der Waals surface area contributed by atoms with E-state index >= 15 is 0 Å². The van der Waals surface area contributed by atoms with Gasteiger partial charge < -0.3 is 14.5 Å². The third-order valence-corrected chi connectivity index (χ3v) is 3.60. The van der Waals surface area contributed by atoms with Crippen LogP contribution >= 0.6 is 0 Å². The van der Waals surface area contributed by atoms with E-state index < -0.39 is 0 Å². The van der Waals surface area contributed by atoms with Crippen LogP contribution in [0, 0.1) is 0 Å². The van der Waals surface area contributed by atoms with E-state index in [0.29, 0.717) is 0 Å². The molecule has 0 bridgehead atoms. The molecule has 0 aliphatic carbocycles. The molecule has 3 nitrogen and oxygen atoms in total. The number of aromatic nitrogens is 1. The lowest BCUT2D eigenvalue weighted by atomic mass is 10.2. The van der Waals surface area contributed by atoms with Crippen molar-refractivity contribution in [1.82, 2.24) is 4.98 Å². The fourth-order valence-corrected chi connectivity index (χ4v) is 2.55. The van der Waals surface area contributed by atoms with Gasteiger partial charge in [0.05, 0.1) is 5.52 Å². The van der Waals surface area contributed by atoms with Crippen LogP contribution in [0.5, 0.6) is 11.5 Å². The van der Waals surface area contributed by atoms with E-state index in [-0.39, 0.29) is 0 Å². The lowest BCUT2D eigenvalue weighted by Crippen LogP contribution is -1.74. The first kappa shape index (κ1) is 10.9. The maximum absolute atomic E-state index is 5.35. The van der Waals surface area contributed by atoms with E-state index in [1.54, 1.807) is 0 Å². The third kappa shape index (κ3) is 1.87. The summed E-state index contributed by atoms with van der Waals surface area (Å²) < 4.78 is 10.3. The maximum Gasteiger partial charge on any atom is 0.194 e. The first-order chi connectivity index (χ1) is 9.43. The molecule has 3 aromatic rings. The molecular weight excluding hydrogens is 238 g/mol. The molecule has 1 saturated heterocycles. The van der Waals surface area contributed by atoms with Crippen molar-refractivity contribution >= 4 is 21.8 Å². The number of para-hydroxylation sites is 1. The number of aromatic amines is 1. The average Bonchev–Trinajstić information content (AvgIpc) is 2.91. The highest BCUT2D eigenvalue weighted by Crippen LogP contribution is 2.51. The zero-order valence-electron chi connectivity index (χ0n) is 10.6. The fourth-order valence-electron chi connectivity index (χ4n) is 2.55. The van der Waals surface area contributed by atoms with Crippen molar-refractivity contribution < 1.29 is 9.47 Å². The summed E-state index contributed by atoms with van der Waals surface area (Å²) in [6, 6.07) is 12.4. The van der Waals surface area contributed by atoms with Crippen LogP contribution in [-0.2, 0) is 4.74 Å². The predicted molar refractivity (Wildman–Crippen MR) is 75.9 cm³/mol. The molecule has 0 unspecified atom stereocenters. The average molecular weight is 253 g/mol. The van der Waals surface area contributed by atoms with Gasteiger partial charge in [-0.2, -0.15) is 0 Å². The Kier molecular flexibility index (Phi) is 2.45. The summed E-state index contributed by atoms with van der Waals surface area (Å²) in [7, 11) is 0. The summed E-state index contributed by atoms with van der Waals surface area (Å²) in [6.07, 6.45) is 2.56. The standard InChI is InChI=1S/C12H7NO.C4H8O/c1-2-4-9-7(3-1)8-5-6-10-12(14-10)11(8)13-9;1-2-4-5-3-1/h1-6,13H;1-4H2. The Hall–Kier alpha value is -2.00. The Balaban J connectivity index is 0.000000165. The lowest BCUT2D eigenvalue weighted by Gasteiger charge is -1.86. The second-order valence-corrected chi connectivity index (χ2v) is 4.91. The summed E-state index contributed by atoms with van der Waals surface area (Å²) in [4.78, 5) is 3.37. The highest BCUT2D eigenvalue weighted by Gasteiger charge is 2.24. The first-order valence-corrected chi connectivity index (χ1v) is 6.72. The predicted octanol–water partition coefficient (Wildman–Crippen LogP) is 4.22. The molecule has 2 aliphatic heterocycles. The van der Waals surface area contributed by atoms with Gasteiger partial charge in [0.2, 0.25) is 0 Å². The Morgan fingerprint density at radius 3 is 2.53 bits per heavy atom. The number of H-pyrrole nitrogens is 1. The van der Waals surface area contributed by atoms with Crippen LogP contribution in [0.3, 0.4) is 0 Å². The number of fused-ring (bicyclic) bond motifs is 5. The van der Waals surface area contributed by atoms with Gasteiger partial charge in [0.1, 0.15) is 0 Å². The summed E-state index contributed by atoms with van der Waals surface area (Å²) in [5, 5.41) is 2.51.